The number of aliphatic hydroxyl groups excluding tert-OH is 1. The van der Waals surface area contributed by atoms with Crippen LogP contribution in [0.25, 0.3) is 0 Å². The maximum absolute atomic E-state index is 14.9. The van der Waals surface area contributed by atoms with Gasteiger partial charge in [0.2, 0.25) is 6.23 Å². The SMILES string of the molecule is CC(C)C(=O)O[C@@H]1[C@@H](CO)O[C@@H](n2ccc(NCC(N)C(C)C)nc2=O)C1(F)F. The standard InChI is InChI=1S/C18H28F2N4O5/c1-9(2)11(21)7-22-13-5-6-24(17(27)23-13)16-18(19,20)14(12(8-25)28-16)29-15(26)10(3)4/h5-6,9-12,14,16,25H,7-8,21H2,1-4H3,(H,22,23,27)/t11?,12-,14-,16-/m1/s1. The number of nitrogens with two attached hydrogens (primary N) is 1. The fourth-order valence-corrected chi connectivity index (χ4v) is 2.67. The van der Waals surface area contributed by atoms with Crippen LogP contribution in [0, 0.1) is 11.8 Å². The highest BCUT2D eigenvalue weighted by Gasteiger charge is 2.62. The van der Waals surface area contributed by atoms with Crippen LogP contribution < -0.4 is 16.7 Å². The Bertz CT molecular complexity index is 771. The summed E-state index contributed by atoms with van der Waals surface area (Å²) in [6, 6.07) is 1.17. The van der Waals surface area contributed by atoms with Crippen molar-refractivity contribution in [3.63, 3.8) is 0 Å². The van der Waals surface area contributed by atoms with Crippen molar-refractivity contribution in [3.8, 4) is 0 Å². The number of alkyl halides is 2. The molecule has 0 aromatic carbocycles. The number of aromatic nitrogens is 2. The number of halogens is 2. The predicted molar refractivity (Wildman–Crippen MR) is 100 cm³/mol. The number of hydrogen-bond acceptors (Lipinski definition) is 8. The zero-order valence-corrected chi connectivity index (χ0v) is 16.8. The molecule has 2 rings (SSSR count). The lowest BCUT2D eigenvalue weighted by Crippen LogP contribution is -2.45. The summed E-state index contributed by atoms with van der Waals surface area (Å²) in [7, 11) is 0. The molecule has 1 aliphatic heterocycles. The summed E-state index contributed by atoms with van der Waals surface area (Å²) >= 11 is 0. The average molecular weight is 418 g/mol. The molecule has 0 saturated carbocycles. The Morgan fingerprint density at radius 2 is 2.10 bits per heavy atom. The third-order valence-electron chi connectivity index (χ3n) is 4.70. The number of nitrogens with zero attached hydrogens (tertiary/aromatic N) is 2. The molecule has 0 aliphatic carbocycles. The van der Waals surface area contributed by atoms with Gasteiger partial charge in [-0.05, 0) is 12.0 Å². The highest BCUT2D eigenvalue weighted by Crippen LogP contribution is 2.44. The van der Waals surface area contributed by atoms with E-state index in [1.807, 2.05) is 13.8 Å². The van der Waals surface area contributed by atoms with Gasteiger partial charge in [0.15, 0.2) is 6.10 Å². The summed E-state index contributed by atoms with van der Waals surface area (Å²) in [6.07, 6.45) is -4.47. The molecule has 1 aromatic heterocycles. The number of hydrogen-bond donors (Lipinski definition) is 3. The predicted octanol–water partition coefficient (Wildman–Crippen LogP) is 0.731. The first-order valence-corrected chi connectivity index (χ1v) is 9.42. The first kappa shape index (κ1) is 23.2. The normalized spacial score (nSPS) is 24.7. The number of anilines is 1. The molecule has 164 valence electrons. The number of rotatable bonds is 8. The van der Waals surface area contributed by atoms with Crippen molar-refractivity contribution in [2.45, 2.75) is 58.1 Å². The number of aliphatic hydroxyl groups is 1. The van der Waals surface area contributed by atoms with Gasteiger partial charge in [-0.2, -0.15) is 13.8 Å². The first-order valence-electron chi connectivity index (χ1n) is 9.42. The van der Waals surface area contributed by atoms with Crippen LogP contribution in [0.2, 0.25) is 0 Å². The smallest absolute Gasteiger partial charge is 0.351 e. The molecule has 4 N–H and O–H groups in total. The molecule has 1 saturated heterocycles. The maximum Gasteiger partial charge on any atom is 0.351 e. The molecule has 1 aromatic rings. The lowest BCUT2D eigenvalue weighted by molar-refractivity contribution is -0.179. The van der Waals surface area contributed by atoms with Crippen LogP contribution >= 0.6 is 0 Å². The lowest BCUT2D eigenvalue weighted by atomic mass is 10.1. The van der Waals surface area contributed by atoms with Gasteiger partial charge in [-0.3, -0.25) is 9.36 Å². The fourth-order valence-electron chi connectivity index (χ4n) is 2.67. The number of carbonyl (C=O) groups excluding carboxylic acids is 1. The molecule has 0 amide bonds. The summed E-state index contributed by atoms with van der Waals surface area (Å²) in [5.74, 6) is -4.86. The Balaban J connectivity index is 2.22. The van der Waals surface area contributed by atoms with E-state index in [1.165, 1.54) is 19.9 Å². The van der Waals surface area contributed by atoms with E-state index in [0.29, 0.717) is 11.1 Å². The monoisotopic (exact) mass is 418 g/mol. The quantitative estimate of drug-likeness (QED) is 0.527. The van der Waals surface area contributed by atoms with Crippen LogP contribution in [0.3, 0.4) is 0 Å². The first-order chi connectivity index (χ1) is 13.5. The van der Waals surface area contributed by atoms with Gasteiger partial charge in [-0.15, -0.1) is 0 Å². The molecule has 1 aliphatic rings. The third kappa shape index (κ3) is 5.09. The van der Waals surface area contributed by atoms with Crippen molar-refractivity contribution in [3.05, 3.63) is 22.7 Å². The van der Waals surface area contributed by atoms with Gasteiger partial charge in [0.25, 0.3) is 0 Å². The van der Waals surface area contributed by atoms with Crippen LogP contribution in [-0.4, -0.2) is 58.0 Å². The van der Waals surface area contributed by atoms with Crippen molar-refractivity contribution in [2.24, 2.45) is 17.6 Å². The fraction of sp³-hybridized carbons (Fsp3) is 0.722. The summed E-state index contributed by atoms with van der Waals surface area (Å²) < 4.78 is 40.4. The van der Waals surface area contributed by atoms with E-state index in [1.54, 1.807) is 0 Å². The summed E-state index contributed by atoms with van der Waals surface area (Å²) in [6.45, 7) is 6.41. The molecule has 9 nitrogen and oxygen atoms in total. The van der Waals surface area contributed by atoms with Gasteiger partial charge >= 0.3 is 17.6 Å². The molecule has 0 radical (unpaired) electrons. The van der Waals surface area contributed by atoms with E-state index in [2.05, 4.69) is 10.3 Å². The second kappa shape index (κ2) is 9.14. The second-order valence-corrected chi connectivity index (χ2v) is 7.69. The van der Waals surface area contributed by atoms with Gasteiger partial charge in [-0.1, -0.05) is 27.7 Å². The summed E-state index contributed by atoms with van der Waals surface area (Å²) in [5, 5.41) is 12.3. The van der Waals surface area contributed by atoms with Gasteiger partial charge < -0.3 is 25.6 Å². The number of nitrogens with one attached hydrogen (secondary N) is 1. The van der Waals surface area contributed by atoms with Crippen LogP contribution in [0.15, 0.2) is 17.1 Å². The summed E-state index contributed by atoms with van der Waals surface area (Å²) in [4.78, 5) is 27.8. The van der Waals surface area contributed by atoms with E-state index < -0.39 is 48.5 Å². The minimum Gasteiger partial charge on any atom is -0.453 e. The minimum atomic E-state index is -3.75. The van der Waals surface area contributed by atoms with E-state index >= 15 is 0 Å². The van der Waals surface area contributed by atoms with Crippen LogP contribution in [0.1, 0.15) is 33.9 Å². The second-order valence-electron chi connectivity index (χ2n) is 7.69. The van der Waals surface area contributed by atoms with E-state index in [0.717, 1.165) is 6.20 Å². The molecule has 0 spiro atoms. The molecule has 1 fully saturated rings. The lowest BCUT2D eigenvalue weighted by Gasteiger charge is -2.24. The molecule has 2 heterocycles. The number of esters is 1. The van der Waals surface area contributed by atoms with Crippen molar-refractivity contribution in [2.75, 3.05) is 18.5 Å². The topological polar surface area (TPSA) is 129 Å². The van der Waals surface area contributed by atoms with Crippen molar-refractivity contribution >= 4 is 11.8 Å². The maximum atomic E-state index is 14.9. The Morgan fingerprint density at radius 1 is 1.45 bits per heavy atom. The average Bonchev–Trinajstić information content (AvgIpc) is 2.89. The van der Waals surface area contributed by atoms with Crippen molar-refractivity contribution < 1.29 is 28.2 Å². The molecular formula is C18H28F2N4O5. The van der Waals surface area contributed by atoms with Crippen LogP contribution in [0.5, 0.6) is 0 Å². The molecule has 11 heteroatoms. The zero-order valence-electron chi connectivity index (χ0n) is 16.8. The Morgan fingerprint density at radius 3 is 2.62 bits per heavy atom. The van der Waals surface area contributed by atoms with Gasteiger partial charge in [-0.25, -0.2) is 4.79 Å². The zero-order chi connectivity index (χ0) is 21.9. The Labute approximate surface area is 167 Å². The number of ether oxygens (including phenoxy) is 2. The molecule has 4 atom stereocenters. The Kier molecular flexibility index (Phi) is 7.30. The van der Waals surface area contributed by atoms with Crippen LogP contribution in [-0.2, 0) is 14.3 Å². The third-order valence-corrected chi connectivity index (χ3v) is 4.70. The van der Waals surface area contributed by atoms with Crippen LogP contribution in [0.4, 0.5) is 14.6 Å². The number of carbonyl (C=O) groups is 1. The van der Waals surface area contributed by atoms with Gasteiger partial charge in [0, 0.05) is 18.8 Å². The van der Waals surface area contributed by atoms with E-state index in [9.17, 15) is 23.5 Å². The van der Waals surface area contributed by atoms with Crippen molar-refractivity contribution in [1.29, 1.82) is 0 Å². The molecule has 29 heavy (non-hydrogen) atoms. The van der Waals surface area contributed by atoms with Gasteiger partial charge in [0.1, 0.15) is 11.9 Å². The van der Waals surface area contributed by atoms with Crippen molar-refractivity contribution in [1.82, 2.24) is 9.55 Å². The van der Waals surface area contributed by atoms with E-state index in [-0.39, 0.29) is 17.8 Å². The Hall–Kier alpha value is -2.11. The molecule has 1 unspecified atom stereocenters. The highest BCUT2D eigenvalue weighted by atomic mass is 19.3. The van der Waals surface area contributed by atoms with Gasteiger partial charge in [0.05, 0.1) is 12.5 Å². The molecule has 0 bridgehead atoms. The van der Waals surface area contributed by atoms with E-state index in [4.69, 9.17) is 15.2 Å². The molecular weight excluding hydrogens is 390 g/mol. The summed E-state index contributed by atoms with van der Waals surface area (Å²) in [5.41, 5.74) is 4.94. The minimum absolute atomic E-state index is 0.177. The largest absolute Gasteiger partial charge is 0.453 e. The highest BCUT2D eigenvalue weighted by molar-refractivity contribution is 5.71.